The molecule has 0 heterocycles. The van der Waals surface area contributed by atoms with Crippen molar-refractivity contribution in [2.45, 2.75) is 18.4 Å². The number of hydrogen-bond donors (Lipinski definition) is 1. The lowest BCUT2D eigenvalue weighted by molar-refractivity contribution is 0.580. The Kier molecular flexibility index (Phi) is 4.18. The number of nitriles is 1. The normalized spacial score (nSPS) is 11.0. The summed E-state index contributed by atoms with van der Waals surface area (Å²) in [7, 11) is -3.52. The topological polar surface area (TPSA) is 70.0 Å². The van der Waals surface area contributed by atoms with E-state index in [1.165, 1.54) is 0 Å². The molecule has 0 unspecified atom stereocenters. The van der Waals surface area contributed by atoms with Gasteiger partial charge in [0.1, 0.15) is 0 Å². The summed E-state index contributed by atoms with van der Waals surface area (Å²) < 4.78 is 26.9. The molecule has 20 heavy (non-hydrogen) atoms. The SMILES string of the molecule is Cc1ccccc1S(=O)(=O)NCc1ccc(C#N)cc1. The second-order valence-electron chi connectivity index (χ2n) is 4.40. The zero-order valence-electron chi connectivity index (χ0n) is 11.0. The molecule has 0 aliphatic heterocycles. The van der Waals surface area contributed by atoms with Crippen LogP contribution in [0.2, 0.25) is 0 Å². The van der Waals surface area contributed by atoms with Crippen LogP contribution in [0.1, 0.15) is 16.7 Å². The van der Waals surface area contributed by atoms with Gasteiger partial charge < -0.3 is 0 Å². The van der Waals surface area contributed by atoms with Crippen LogP contribution in [-0.4, -0.2) is 8.42 Å². The fourth-order valence-corrected chi connectivity index (χ4v) is 3.07. The molecule has 0 atom stereocenters. The third-order valence-corrected chi connectivity index (χ3v) is 4.49. The number of sulfonamides is 1. The van der Waals surface area contributed by atoms with Gasteiger partial charge in [-0.3, -0.25) is 0 Å². The third kappa shape index (κ3) is 3.23. The fraction of sp³-hybridized carbons (Fsp3) is 0.133. The second kappa shape index (κ2) is 5.87. The zero-order chi connectivity index (χ0) is 14.6. The van der Waals surface area contributed by atoms with E-state index in [0.29, 0.717) is 11.1 Å². The molecule has 2 rings (SSSR count). The molecule has 0 aromatic heterocycles. The highest BCUT2D eigenvalue weighted by Gasteiger charge is 2.15. The van der Waals surface area contributed by atoms with Crippen molar-refractivity contribution in [3.05, 3.63) is 65.2 Å². The molecule has 0 bridgehead atoms. The summed E-state index contributed by atoms with van der Waals surface area (Å²) in [6.45, 7) is 1.96. The van der Waals surface area contributed by atoms with Gasteiger partial charge in [0.15, 0.2) is 0 Å². The molecule has 2 aromatic rings. The number of benzene rings is 2. The van der Waals surface area contributed by atoms with Gasteiger partial charge in [-0.15, -0.1) is 0 Å². The molecule has 0 spiro atoms. The van der Waals surface area contributed by atoms with Crippen LogP contribution in [0.5, 0.6) is 0 Å². The van der Waals surface area contributed by atoms with Gasteiger partial charge >= 0.3 is 0 Å². The molecule has 2 aromatic carbocycles. The predicted molar refractivity (Wildman–Crippen MR) is 76.4 cm³/mol. The highest BCUT2D eigenvalue weighted by atomic mass is 32.2. The van der Waals surface area contributed by atoms with Crippen molar-refractivity contribution >= 4 is 10.0 Å². The Morgan fingerprint density at radius 3 is 2.35 bits per heavy atom. The van der Waals surface area contributed by atoms with Gasteiger partial charge in [0.25, 0.3) is 0 Å². The summed E-state index contributed by atoms with van der Waals surface area (Å²) in [6.07, 6.45) is 0. The Morgan fingerprint density at radius 1 is 1.10 bits per heavy atom. The lowest BCUT2D eigenvalue weighted by Gasteiger charge is -2.09. The molecule has 4 nitrogen and oxygen atoms in total. The maximum atomic E-state index is 12.2. The maximum Gasteiger partial charge on any atom is 0.241 e. The number of nitrogens with zero attached hydrogens (tertiary/aromatic N) is 1. The van der Waals surface area contributed by atoms with Gasteiger partial charge in [0.2, 0.25) is 10.0 Å². The molecule has 0 saturated heterocycles. The number of rotatable bonds is 4. The quantitative estimate of drug-likeness (QED) is 0.938. The largest absolute Gasteiger partial charge is 0.241 e. The van der Waals surface area contributed by atoms with Crippen molar-refractivity contribution in [1.29, 1.82) is 5.26 Å². The number of hydrogen-bond acceptors (Lipinski definition) is 3. The van der Waals surface area contributed by atoms with Crippen LogP contribution in [0.15, 0.2) is 53.4 Å². The van der Waals surface area contributed by atoms with E-state index in [0.717, 1.165) is 5.56 Å². The van der Waals surface area contributed by atoms with E-state index in [9.17, 15) is 8.42 Å². The lowest BCUT2D eigenvalue weighted by atomic mass is 10.1. The summed E-state index contributed by atoms with van der Waals surface area (Å²) >= 11 is 0. The first-order chi connectivity index (χ1) is 9.53. The van der Waals surface area contributed by atoms with Gasteiger partial charge in [-0.1, -0.05) is 30.3 Å². The summed E-state index contributed by atoms with van der Waals surface area (Å²) in [6, 6.07) is 15.7. The molecule has 0 fully saturated rings. The molecular weight excluding hydrogens is 272 g/mol. The minimum atomic E-state index is -3.52. The van der Waals surface area contributed by atoms with E-state index in [-0.39, 0.29) is 11.4 Å². The van der Waals surface area contributed by atoms with Crippen LogP contribution in [0.25, 0.3) is 0 Å². The van der Waals surface area contributed by atoms with Crippen molar-refractivity contribution in [3.8, 4) is 6.07 Å². The van der Waals surface area contributed by atoms with Crippen molar-refractivity contribution in [1.82, 2.24) is 4.72 Å². The first-order valence-electron chi connectivity index (χ1n) is 6.07. The first-order valence-corrected chi connectivity index (χ1v) is 7.55. The van der Waals surface area contributed by atoms with Crippen molar-refractivity contribution in [3.63, 3.8) is 0 Å². The summed E-state index contributed by atoms with van der Waals surface area (Å²) in [5.41, 5.74) is 2.07. The smallest absolute Gasteiger partial charge is 0.207 e. The van der Waals surface area contributed by atoms with Gasteiger partial charge in [0, 0.05) is 6.54 Å². The van der Waals surface area contributed by atoms with Crippen LogP contribution in [0.3, 0.4) is 0 Å². The molecule has 0 radical (unpaired) electrons. The zero-order valence-corrected chi connectivity index (χ0v) is 11.8. The Hall–Kier alpha value is -2.16. The van der Waals surface area contributed by atoms with E-state index in [1.807, 2.05) is 6.07 Å². The fourth-order valence-electron chi connectivity index (χ4n) is 1.81. The summed E-state index contributed by atoms with van der Waals surface area (Å²) in [5, 5.41) is 8.71. The first kappa shape index (κ1) is 14.3. The molecule has 0 saturated carbocycles. The van der Waals surface area contributed by atoms with Crippen LogP contribution < -0.4 is 4.72 Å². The average molecular weight is 286 g/mol. The standard InChI is InChI=1S/C15H14N2O2S/c1-12-4-2-3-5-15(12)20(18,19)17-11-14-8-6-13(10-16)7-9-14/h2-9,17H,11H2,1H3. The minimum Gasteiger partial charge on any atom is -0.207 e. The molecule has 0 amide bonds. The van der Waals surface area contributed by atoms with Crippen molar-refractivity contribution in [2.75, 3.05) is 0 Å². The van der Waals surface area contributed by atoms with Crippen molar-refractivity contribution in [2.24, 2.45) is 0 Å². The van der Waals surface area contributed by atoms with Crippen LogP contribution in [0.4, 0.5) is 0 Å². The molecule has 0 aliphatic rings. The lowest BCUT2D eigenvalue weighted by Crippen LogP contribution is -2.23. The maximum absolute atomic E-state index is 12.2. The van der Waals surface area contributed by atoms with Gasteiger partial charge in [-0.25, -0.2) is 13.1 Å². The second-order valence-corrected chi connectivity index (χ2v) is 6.13. The van der Waals surface area contributed by atoms with Gasteiger partial charge in [-0.2, -0.15) is 5.26 Å². The number of aryl methyl sites for hydroxylation is 1. The highest BCUT2D eigenvalue weighted by Crippen LogP contribution is 2.14. The Morgan fingerprint density at radius 2 is 1.75 bits per heavy atom. The average Bonchev–Trinajstić information content (AvgIpc) is 2.46. The Balaban J connectivity index is 2.13. The number of nitrogens with one attached hydrogen (secondary N) is 1. The van der Waals surface area contributed by atoms with Crippen LogP contribution in [0, 0.1) is 18.3 Å². The van der Waals surface area contributed by atoms with E-state index in [1.54, 1.807) is 55.5 Å². The van der Waals surface area contributed by atoms with Crippen molar-refractivity contribution < 1.29 is 8.42 Å². The van der Waals surface area contributed by atoms with Gasteiger partial charge in [-0.05, 0) is 36.2 Å². The van der Waals surface area contributed by atoms with E-state index in [4.69, 9.17) is 5.26 Å². The Labute approximate surface area is 118 Å². The van der Waals surface area contributed by atoms with E-state index in [2.05, 4.69) is 4.72 Å². The third-order valence-electron chi connectivity index (χ3n) is 2.93. The van der Waals surface area contributed by atoms with Crippen LogP contribution in [-0.2, 0) is 16.6 Å². The van der Waals surface area contributed by atoms with E-state index < -0.39 is 10.0 Å². The summed E-state index contributed by atoms with van der Waals surface area (Å²) in [4.78, 5) is 0.286. The molecular formula is C15H14N2O2S. The monoisotopic (exact) mass is 286 g/mol. The van der Waals surface area contributed by atoms with Gasteiger partial charge in [0.05, 0.1) is 16.5 Å². The van der Waals surface area contributed by atoms with Crippen LogP contribution >= 0.6 is 0 Å². The molecule has 5 heteroatoms. The predicted octanol–water partition coefficient (Wildman–Crippen LogP) is 2.35. The minimum absolute atomic E-state index is 0.197. The molecule has 102 valence electrons. The highest BCUT2D eigenvalue weighted by molar-refractivity contribution is 7.89. The van der Waals surface area contributed by atoms with E-state index >= 15 is 0 Å². The molecule has 0 aliphatic carbocycles. The summed E-state index contributed by atoms with van der Waals surface area (Å²) in [5.74, 6) is 0. The Bertz CT molecular complexity index is 744. The molecule has 1 N–H and O–H groups in total.